The molecule has 1 aromatic heterocycles. The zero-order valence-corrected chi connectivity index (χ0v) is 10.1. The molecular weight excluding hydrogens is 235 g/mol. The van der Waals surface area contributed by atoms with Crippen LogP contribution >= 0.6 is 0 Å². The molecule has 0 saturated heterocycles. The van der Waals surface area contributed by atoms with E-state index < -0.39 is 0 Å². The standard InChI is InChI=1S/C12H15FN4O/c1-2-15-11(18)5-6-17-10-7-8(13)3-4-9(10)16-12(17)14/h3-4,7H,2,5-6H2,1H3,(H2,14,16)(H,15,18). The van der Waals surface area contributed by atoms with Crippen molar-refractivity contribution in [2.75, 3.05) is 12.3 Å². The second-order valence-corrected chi connectivity index (χ2v) is 3.96. The third-order valence-electron chi connectivity index (χ3n) is 2.68. The molecule has 0 radical (unpaired) electrons. The number of benzene rings is 1. The van der Waals surface area contributed by atoms with Crippen molar-refractivity contribution in [3.05, 3.63) is 24.0 Å². The first-order valence-electron chi connectivity index (χ1n) is 5.79. The van der Waals surface area contributed by atoms with E-state index in [1.54, 1.807) is 10.6 Å². The number of halogens is 1. The minimum Gasteiger partial charge on any atom is -0.369 e. The lowest BCUT2D eigenvalue weighted by atomic mass is 10.3. The van der Waals surface area contributed by atoms with Crippen molar-refractivity contribution in [3.8, 4) is 0 Å². The molecule has 96 valence electrons. The Hall–Kier alpha value is -2.11. The molecule has 5 nitrogen and oxygen atoms in total. The van der Waals surface area contributed by atoms with Gasteiger partial charge in [0, 0.05) is 19.5 Å². The molecule has 1 amide bonds. The number of nitrogens with two attached hydrogens (primary N) is 1. The molecule has 6 heteroatoms. The van der Waals surface area contributed by atoms with Crippen LogP contribution in [0.3, 0.4) is 0 Å². The Morgan fingerprint density at radius 1 is 1.56 bits per heavy atom. The van der Waals surface area contributed by atoms with Crippen LogP contribution in [0.15, 0.2) is 18.2 Å². The molecule has 0 aliphatic carbocycles. The van der Waals surface area contributed by atoms with E-state index in [1.165, 1.54) is 12.1 Å². The number of imidazole rings is 1. The SMILES string of the molecule is CCNC(=O)CCn1c(N)nc2ccc(F)cc21. The number of aromatic nitrogens is 2. The van der Waals surface area contributed by atoms with Gasteiger partial charge >= 0.3 is 0 Å². The van der Waals surface area contributed by atoms with Gasteiger partial charge in [0.1, 0.15) is 5.82 Å². The van der Waals surface area contributed by atoms with Crippen LogP contribution in [0.1, 0.15) is 13.3 Å². The lowest BCUT2D eigenvalue weighted by Gasteiger charge is -2.06. The number of rotatable bonds is 4. The highest BCUT2D eigenvalue weighted by molar-refractivity contribution is 5.79. The number of fused-ring (bicyclic) bond motifs is 1. The summed E-state index contributed by atoms with van der Waals surface area (Å²) in [6.07, 6.45) is 0.292. The molecule has 0 unspecified atom stereocenters. The number of nitrogens with zero attached hydrogens (tertiary/aromatic N) is 2. The minimum atomic E-state index is -0.346. The Morgan fingerprint density at radius 3 is 3.06 bits per heavy atom. The van der Waals surface area contributed by atoms with Crippen LogP contribution in [0.25, 0.3) is 11.0 Å². The molecule has 0 spiro atoms. The van der Waals surface area contributed by atoms with Crippen molar-refractivity contribution < 1.29 is 9.18 Å². The molecule has 0 saturated carbocycles. The molecule has 0 aliphatic heterocycles. The molecule has 0 atom stereocenters. The molecule has 2 rings (SSSR count). The van der Waals surface area contributed by atoms with E-state index in [9.17, 15) is 9.18 Å². The van der Waals surface area contributed by atoms with Gasteiger partial charge in [0.25, 0.3) is 0 Å². The van der Waals surface area contributed by atoms with Crippen LogP contribution < -0.4 is 11.1 Å². The van der Waals surface area contributed by atoms with E-state index in [4.69, 9.17) is 5.73 Å². The normalized spacial score (nSPS) is 10.8. The molecule has 3 N–H and O–H groups in total. The first-order chi connectivity index (χ1) is 8.61. The number of anilines is 1. The first kappa shape index (κ1) is 12.3. The smallest absolute Gasteiger partial charge is 0.221 e. The Kier molecular flexibility index (Phi) is 3.45. The lowest BCUT2D eigenvalue weighted by molar-refractivity contribution is -0.121. The molecule has 1 heterocycles. The van der Waals surface area contributed by atoms with Gasteiger partial charge in [-0.05, 0) is 25.1 Å². The fourth-order valence-corrected chi connectivity index (χ4v) is 1.85. The van der Waals surface area contributed by atoms with Gasteiger partial charge in [-0.15, -0.1) is 0 Å². The summed E-state index contributed by atoms with van der Waals surface area (Å²) in [7, 11) is 0. The quantitative estimate of drug-likeness (QED) is 0.858. The van der Waals surface area contributed by atoms with Gasteiger partial charge in [-0.25, -0.2) is 9.37 Å². The van der Waals surface area contributed by atoms with Gasteiger partial charge in [-0.1, -0.05) is 0 Å². The van der Waals surface area contributed by atoms with Crippen LogP contribution in [0.4, 0.5) is 10.3 Å². The average Bonchev–Trinajstić information content (AvgIpc) is 2.62. The largest absolute Gasteiger partial charge is 0.369 e. The Labute approximate surface area is 104 Å². The van der Waals surface area contributed by atoms with Crippen molar-refractivity contribution in [3.63, 3.8) is 0 Å². The molecule has 0 fully saturated rings. The minimum absolute atomic E-state index is 0.0600. The highest BCUT2D eigenvalue weighted by Gasteiger charge is 2.10. The highest BCUT2D eigenvalue weighted by atomic mass is 19.1. The summed E-state index contributed by atoms with van der Waals surface area (Å²) in [4.78, 5) is 15.5. The number of nitrogens with one attached hydrogen (secondary N) is 1. The van der Waals surface area contributed by atoms with Crippen molar-refractivity contribution in [2.24, 2.45) is 0 Å². The van der Waals surface area contributed by atoms with Gasteiger partial charge in [-0.3, -0.25) is 4.79 Å². The van der Waals surface area contributed by atoms with Crippen molar-refractivity contribution >= 4 is 22.9 Å². The molecule has 2 aromatic rings. The highest BCUT2D eigenvalue weighted by Crippen LogP contribution is 2.19. The fourth-order valence-electron chi connectivity index (χ4n) is 1.85. The second kappa shape index (κ2) is 5.03. The summed E-state index contributed by atoms with van der Waals surface area (Å²) < 4.78 is 14.8. The maximum absolute atomic E-state index is 13.2. The van der Waals surface area contributed by atoms with E-state index in [0.717, 1.165) is 0 Å². The van der Waals surface area contributed by atoms with Crippen molar-refractivity contribution in [1.29, 1.82) is 0 Å². The summed E-state index contributed by atoms with van der Waals surface area (Å²) in [5.74, 6) is -0.114. The lowest BCUT2D eigenvalue weighted by Crippen LogP contribution is -2.24. The number of hydrogen-bond acceptors (Lipinski definition) is 3. The van der Waals surface area contributed by atoms with Crippen molar-refractivity contribution in [1.82, 2.24) is 14.9 Å². The predicted molar refractivity (Wildman–Crippen MR) is 67.4 cm³/mol. The second-order valence-electron chi connectivity index (χ2n) is 3.96. The van der Waals surface area contributed by atoms with Crippen LogP contribution in [0, 0.1) is 5.82 Å². The van der Waals surface area contributed by atoms with E-state index in [2.05, 4.69) is 10.3 Å². The number of hydrogen-bond donors (Lipinski definition) is 2. The van der Waals surface area contributed by atoms with Gasteiger partial charge in [0.2, 0.25) is 11.9 Å². The number of carbonyl (C=O) groups is 1. The van der Waals surface area contributed by atoms with E-state index in [0.29, 0.717) is 36.5 Å². The average molecular weight is 250 g/mol. The van der Waals surface area contributed by atoms with Crippen LogP contribution in [-0.2, 0) is 11.3 Å². The first-order valence-corrected chi connectivity index (χ1v) is 5.79. The number of carbonyl (C=O) groups excluding carboxylic acids is 1. The number of amides is 1. The molecule has 18 heavy (non-hydrogen) atoms. The number of nitrogen functional groups attached to an aromatic ring is 1. The third-order valence-corrected chi connectivity index (χ3v) is 2.68. The van der Waals surface area contributed by atoms with Crippen LogP contribution in [-0.4, -0.2) is 22.0 Å². The van der Waals surface area contributed by atoms with Gasteiger partial charge < -0.3 is 15.6 Å². The van der Waals surface area contributed by atoms with E-state index in [1.807, 2.05) is 6.92 Å². The summed E-state index contributed by atoms with van der Waals surface area (Å²) in [5.41, 5.74) is 7.00. The van der Waals surface area contributed by atoms with Crippen LogP contribution in [0.5, 0.6) is 0 Å². The molecule has 1 aromatic carbocycles. The Morgan fingerprint density at radius 2 is 2.33 bits per heavy atom. The zero-order chi connectivity index (χ0) is 13.1. The maximum Gasteiger partial charge on any atom is 0.221 e. The van der Waals surface area contributed by atoms with Gasteiger partial charge in [0.15, 0.2) is 0 Å². The third kappa shape index (κ3) is 2.42. The zero-order valence-electron chi connectivity index (χ0n) is 10.1. The summed E-state index contributed by atoms with van der Waals surface area (Å²) in [6.45, 7) is 2.83. The Balaban J connectivity index is 2.24. The van der Waals surface area contributed by atoms with Gasteiger partial charge in [-0.2, -0.15) is 0 Å². The molecule has 0 aliphatic rings. The molecular formula is C12H15FN4O. The number of aryl methyl sites for hydroxylation is 1. The van der Waals surface area contributed by atoms with Crippen LogP contribution in [0.2, 0.25) is 0 Å². The summed E-state index contributed by atoms with van der Waals surface area (Å²) in [6, 6.07) is 4.28. The maximum atomic E-state index is 13.2. The van der Waals surface area contributed by atoms with Gasteiger partial charge in [0.05, 0.1) is 11.0 Å². The monoisotopic (exact) mass is 250 g/mol. The summed E-state index contributed by atoms with van der Waals surface area (Å²) >= 11 is 0. The summed E-state index contributed by atoms with van der Waals surface area (Å²) in [5, 5.41) is 2.70. The van der Waals surface area contributed by atoms with Crippen molar-refractivity contribution in [2.45, 2.75) is 19.9 Å². The van der Waals surface area contributed by atoms with E-state index in [-0.39, 0.29) is 11.7 Å². The molecule has 0 bridgehead atoms. The topological polar surface area (TPSA) is 72.9 Å². The predicted octanol–water partition coefficient (Wildman–Crippen LogP) is 1.28. The van der Waals surface area contributed by atoms with E-state index >= 15 is 0 Å². The fraction of sp³-hybridized carbons (Fsp3) is 0.333. The Bertz CT molecular complexity index is 579.